The van der Waals surface area contributed by atoms with Crippen LogP contribution >= 0.6 is 0 Å². The van der Waals surface area contributed by atoms with Crippen molar-refractivity contribution in [2.45, 2.75) is 52.1 Å². The van der Waals surface area contributed by atoms with Crippen molar-refractivity contribution in [2.75, 3.05) is 24.3 Å². The van der Waals surface area contributed by atoms with E-state index in [1.165, 1.54) is 25.3 Å². The fourth-order valence-corrected chi connectivity index (χ4v) is 2.74. The zero-order chi connectivity index (χ0) is 24.7. The average molecular weight is 475 g/mol. The van der Waals surface area contributed by atoms with Crippen LogP contribution < -0.4 is 20.1 Å². The number of halogens is 2. The molecule has 2 aromatic heterocycles. The van der Waals surface area contributed by atoms with Crippen LogP contribution in [0, 0.1) is 0 Å². The number of aromatic nitrogens is 3. The first-order chi connectivity index (χ1) is 16.2. The minimum atomic E-state index is -3.27. The first-order valence-corrected chi connectivity index (χ1v) is 10.9. The molecule has 0 aromatic carbocycles. The maximum Gasteiger partial charge on any atom is 0.304 e. The number of rotatable bonds is 11. The van der Waals surface area contributed by atoms with Gasteiger partial charge in [0.25, 0.3) is 0 Å². The monoisotopic (exact) mass is 474 g/mol. The van der Waals surface area contributed by atoms with E-state index in [1.807, 2.05) is 19.1 Å². The number of nitrogens with one attached hydrogen (secondary N) is 2. The number of alkyl halides is 2. The predicted octanol–water partition coefficient (Wildman–Crippen LogP) is 4.64. The molecule has 2 heterocycles. The van der Waals surface area contributed by atoms with Crippen molar-refractivity contribution in [3.63, 3.8) is 0 Å². The molecule has 0 spiro atoms. The number of anilines is 3. The fourth-order valence-electron chi connectivity index (χ4n) is 2.74. The Morgan fingerprint density at radius 1 is 1.29 bits per heavy atom. The van der Waals surface area contributed by atoms with Crippen LogP contribution in [-0.2, 0) is 10.7 Å². The van der Waals surface area contributed by atoms with Gasteiger partial charge in [0.15, 0.2) is 5.75 Å². The van der Waals surface area contributed by atoms with Gasteiger partial charge in [-0.2, -0.15) is 13.8 Å². The molecule has 0 radical (unpaired) electrons. The van der Waals surface area contributed by atoms with Gasteiger partial charge in [-0.1, -0.05) is 13.0 Å². The summed E-state index contributed by atoms with van der Waals surface area (Å²) in [6.45, 7) is 4.23. The number of carbonyl (C=O) groups is 1. The topological polar surface area (TPSA) is 111 Å². The molecule has 0 unspecified atom stereocenters. The van der Waals surface area contributed by atoms with Crippen LogP contribution in [0.2, 0.25) is 0 Å². The number of hydrogen-bond donors (Lipinski definition) is 2. The van der Waals surface area contributed by atoms with E-state index >= 15 is 0 Å². The lowest BCUT2D eigenvalue weighted by Crippen LogP contribution is -2.15. The van der Waals surface area contributed by atoms with Crippen LogP contribution in [-0.4, -0.2) is 46.3 Å². The van der Waals surface area contributed by atoms with Crippen LogP contribution in [0.1, 0.15) is 45.9 Å². The Labute approximate surface area is 196 Å². The van der Waals surface area contributed by atoms with E-state index in [9.17, 15) is 13.6 Å². The number of pyridine rings is 1. The Morgan fingerprint density at radius 3 is 2.68 bits per heavy atom. The van der Waals surface area contributed by atoms with Gasteiger partial charge in [-0.15, -0.1) is 0 Å². The van der Waals surface area contributed by atoms with Crippen LogP contribution in [0.5, 0.6) is 11.6 Å². The first kappa shape index (κ1) is 25.0. The normalized spacial score (nSPS) is 14.2. The second kappa shape index (κ2) is 11.0. The van der Waals surface area contributed by atoms with Crippen LogP contribution in [0.3, 0.4) is 0 Å². The van der Waals surface area contributed by atoms with Crippen molar-refractivity contribution >= 4 is 28.9 Å². The van der Waals surface area contributed by atoms with Crippen molar-refractivity contribution in [3.8, 4) is 11.6 Å². The van der Waals surface area contributed by atoms with Crippen molar-refractivity contribution in [3.05, 3.63) is 36.3 Å². The molecule has 2 aromatic rings. The van der Waals surface area contributed by atoms with Gasteiger partial charge >= 0.3 is 5.92 Å². The van der Waals surface area contributed by atoms with E-state index < -0.39 is 11.7 Å². The summed E-state index contributed by atoms with van der Waals surface area (Å²) in [7, 11) is 1.66. The van der Waals surface area contributed by atoms with Crippen molar-refractivity contribution < 1.29 is 23.0 Å². The van der Waals surface area contributed by atoms with Crippen LogP contribution in [0.4, 0.5) is 26.1 Å². The molecule has 0 aliphatic heterocycles. The summed E-state index contributed by atoms with van der Waals surface area (Å²) in [5.74, 6) is -3.54. The van der Waals surface area contributed by atoms with Crippen molar-refractivity contribution in [1.82, 2.24) is 15.0 Å². The van der Waals surface area contributed by atoms with Crippen molar-refractivity contribution in [1.29, 1.82) is 0 Å². The van der Waals surface area contributed by atoms with E-state index in [4.69, 9.17) is 9.47 Å². The molecule has 1 amide bonds. The summed E-state index contributed by atoms with van der Waals surface area (Å²) in [4.78, 5) is 27.7. The van der Waals surface area contributed by atoms with E-state index in [0.29, 0.717) is 17.1 Å². The Morgan fingerprint density at radius 2 is 2.06 bits per heavy atom. The third-order valence-electron chi connectivity index (χ3n) is 4.55. The minimum absolute atomic E-state index is 0.0322. The Balaban J connectivity index is 1.92. The van der Waals surface area contributed by atoms with Crippen LogP contribution in [0.15, 0.2) is 35.5 Å². The molecule has 3 rings (SSSR count). The molecular formula is C23H28F2N6O3. The maximum atomic E-state index is 14.0. The zero-order valence-corrected chi connectivity index (χ0v) is 19.6. The quantitative estimate of drug-likeness (QED) is 0.456. The van der Waals surface area contributed by atoms with E-state index in [-0.39, 0.29) is 36.1 Å². The van der Waals surface area contributed by atoms with E-state index in [0.717, 1.165) is 26.2 Å². The number of ether oxygens (including phenoxy) is 2. The largest absolute Gasteiger partial charge is 0.484 e. The van der Waals surface area contributed by atoms with Gasteiger partial charge < -0.3 is 20.1 Å². The van der Waals surface area contributed by atoms with Crippen LogP contribution in [0.25, 0.3) is 0 Å². The molecule has 11 heteroatoms. The second-order valence-corrected chi connectivity index (χ2v) is 7.81. The zero-order valence-electron chi connectivity index (χ0n) is 19.6. The molecule has 182 valence electrons. The average Bonchev–Trinajstić information content (AvgIpc) is 3.58. The molecule has 9 nitrogen and oxygen atoms in total. The summed E-state index contributed by atoms with van der Waals surface area (Å²) in [5.41, 5.74) is 1.06. The number of amides is 1. The van der Waals surface area contributed by atoms with E-state index in [1.54, 1.807) is 7.05 Å². The van der Waals surface area contributed by atoms with Gasteiger partial charge in [0.1, 0.15) is 24.3 Å². The lowest BCUT2D eigenvalue weighted by Gasteiger charge is -2.16. The second-order valence-electron chi connectivity index (χ2n) is 7.81. The first-order valence-electron chi connectivity index (χ1n) is 10.9. The highest BCUT2D eigenvalue weighted by atomic mass is 19.3. The Hall–Kier alpha value is -3.63. The summed E-state index contributed by atoms with van der Waals surface area (Å²) >= 11 is 0. The number of allylic oxidation sites excluding steroid dienone is 1. The molecule has 1 fully saturated rings. The lowest BCUT2D eigenvalue weighted by atomic mass is 10.3. The SMILES string of the molecule is CC/C=C\C(COc1cnc(NC(C)=O)cc1Nc1cc(OC2CC2)nc(C(C)(F)F)n1)=NC. The predicted molar refractivity (Wildman–Crippen MR) is 125 cm³/mol. The molecule has 0 saturated heterocycles. The van der Waals surface area contributed by atoms with Gasteiger partial charge in [0.05, 0.1) is 17.6 Å². The fraction of sp³-hybridized carbons (Fsp3) is 0.435. The number of hydrogen-bond acceptors (Lipinski definition) is 8. The summed E-state index contributed by atoms with van der Waals surface area (Å²) < 4.78 is 39.6. The molecular weight excluding hydrogens is 446 g/mol. The number of nitrogens with zero attached hydrogens (tertiary/aromatic N) is 4. The Bertz CT molecular complexity index is 1080. The van der Waals surface area contributed by atoms with Gasteiger partial charge in [-0.05, 0) is 25.3 Å². The highest BCUT2D eigenvalue weighted by Gasteiger charge is 2.31. The lowest BCUT2D eigenvalue weighted by molar-refractivity contribution is -0.114. The maximum absolute atomic E-state index is 14.0. The molecule has 2 N–H and O–H groups in total. The highest BCUT2D eigenvalue weighted by Crippen LogP contribution is 2.33. The number of carbonyl (C=O) groups excluding carboxylic acids is 1. The van der Waals surface area contributed by atoms with Gasteiger partial charge in [0.2, 0.25) is 17.6 Å². The summed E-state index contributed by atoms with van der Waals surface area (Å²) in [6, 6.07) is 2.97. The highest BCUT2D eigenvalue weighted by molar-refractivity contribution is 5.96. The number of aliphatic imine (C=N–C) groups is 1. The molecule has 1 aliphatic rings. The molecule has 1 saturated carbocycles. The van der Waals surface area contributed by atoms with Gasteiger partial charge in [0, 0.05) is 33.0 Å². The minimum Gasteiger partial charge on any atom is -0.484 e. The van der Waals surface area contributed by atoms with Gasteiger partial charge in [-0.3, -0.25) is 9.79 Å². The molecule has 1 aliphatic carbocycles. The molecule has 0 atom stereocenters. The summed E-state index contributed by atoms with van der Waals surface area (Å²) in [5, 5.41) is 5.56. The Kier molecular flexibility index (Phi) is 8.08. The smallest absolute Gasteiger partial charge is 0.304 e. The summed E-state index contributed by atoms with van der Waals surface area (Å²) in [6.07, 6.45) is 7.74. The third-order valence-corrected chi connectivity index (χ3v) is 4.55. The standard InChI is InChI=1S/C23H28F2N6O3/c1-5-6-7-15(26-4)13-33-18-12-27-19(28-14(2)32)10-17(18)29-20-11-21(34-16-8-9-16)31-22(30-20)23(3,24)25/h6-7,10-12,16H,5,8-9,13H2,1-4H3,(H2,27,28,29,30,31,32)/b7-6-,26-15?. The van der Waals surface area contributed by atoms with E-state index in [2.05, 4.69) is 30.6 Å². The molecule has 0 bridgehead atoms. The third kappa shape index (κ3) is 7.46. The van der Waals surface area contributed by atoms with Gasteiger partial charge in [-0.25, -0.2) is 9.97 Å². The van der Waals surface area contributed by atoms with Crippen molar-refractivity contribution in [2.24, 2.45) is 4.99 Å². The molecule has 34 heavy (non-hydrogen) atoms.